The van der Waals surface area contributed by atoms with Crippen LogP contribution in [-0.2, 0) is 4.79 Å². The minimum absolute atomic E-state index is 0.00172. The lowest BCUT2D eigenvalue weighted by molar-refractivity contribution is -0.118. The van der Waals surface area contributed by atoms with E-state index in [1.807, 2.05) is 6.07 Å². The number of nitrogen functional groups attached to an aromatic ring is 1. The van der Waals surface area contributed by atoms with Gasteiger partial charge >= 0.3 is 0 Å². The number of carbonyl (C=O) groups is 1. The van der Waals surface area contributed by atoms with Crippen molar-refractivity contribution in [3.8, 4) is 0 Å². The van der Waals surface area contributed by atoms with Crippen molar-refractivity contribution in [2.75, 3.05) is 36.0 Å². The lowest BCUT2D eigenvalue weighted by Gasteiger charge is -2.32. The zero-order valence-electron chi connectivity index (χ0n) is 13.1. The van der Waals surface area contributed by atoms with Gasteiger partial charge in [0.1, 0.15) is 0 Å². The third kappa shape index (κ3) is 4.78. The second-order valence-electron chi connectivity index (χ2n) is 5.50. The first-order chi connectivity index (χ1) is 11.7. The molecule has 1 unspecified atom stereocenters. The molecule has 0 aromatic carbocycles. The van der Waals surface area contributed by atoms with E-state index in [0.717, 1.165) is 31.9 Å². The fourth-order valence-electron chi connectivity index (χ4n) is 2.58. The third-order valence-electron chi connectivity index (χ3n) is 3.69. The van der Waals surface area contributed by atoms with Gasteiger partial charge in [-0.2, -0.15) is 0 Å². The maximum absolute atomic E-state index is 12.0. The fourth-order valence-corrected chi connectivity index (χ4v) is 4.05. The molecule has 1 aliphatic heterocycles. The van der Waals surface area contributed by atoms with Gasteiger partial charge in [0.25, 0.3) is 0 Å². The topological polar surface area (TPSA) is 110 Å². The van der Waals surface area contributed by atoms with Gasteiger partial charge in [0.15, 0.2) is 4.34 Å². The summed E-state index contributed by atoms with van der Waals surface area (Å²) in [6.45, 7) is 2.49. The first kappa shape index (κ1) is 16.9. The molecule has 0 aliphatic carbocycles. The average molecular weight is 365 g/mol. The Balaban J connectivity index is 1.41. The SMILES string of the molecule is Nc1nnc(SCC(=O)NCC2CCCN(c3ncccn3)C2)s1. The molecule has 128 valence electrons. The van der Waals surface area contributed by atoms with Crippen molar-refractivity contribution in [1.82, 2.24) is 25.5 Å². The number of hydrogen-bond acceptors (Lipinski definition) is 9. The zero-order valence-corrected chi connectivity index (χ0v) is 14.7. The van der Waals surface area contributed by atoms with Crippen LogP contribution in [0.5, 0.6) is 0 Å². The van der Waals surface area contributed by atoms with Crippen LogP contribution in [0.25, 0.3) is 0 Å². The van der Waals surface area contributed by atoms with Crippen LogP contribution in [0.1, 0.15) is 12.8 Å². The number of hydrogen-bond donors (Lipinski definition) is 2. The number of carbonyl (C=O) groups excluding carboxylic acids is 1. The predicted molar refractivity (Wildman–Crippen MR) is 95.0 cm³/mol. The van der Waals surface area contributed by atoms with E-state index in [1.165, 1.54) is 23.1 Å². The van der Waals surface area contributed by atoms with Gasteiger partial charge in [-0.15, -0.1) is 10.2 Å². The summed E-state index contributed by atoms with van der Waals surface area (Å²) in [4.78, 5) is 22.8. The Kier molecular flexibility index (Phi) is 5.81. The van der Waals surface area contributed by atoms with E-state index in [2.05, 4.69) is 30.4 Å². The predicted octanol–water partition coefficient (Wildman–Crippen LogP) is 1.04. The van der Waals surface area contributed by atoms with Crippen molar-refractivity contribution in [3.05, 3.63) is 18.5 Å². The summed E-state index contributed by atoms with van der Waals surface area (Å²) in [6, 6.07) is 1.81. The number of aromatic nitrogens is 4. The Morgan fingerprint density at radius 1 is 1.42 bits per heavy atom. The molecule has 10 heteroatoms. The minimum atomic E-state index is 0.00172. The molecule has 24 heavy (non-hydrogen) atoms. The maximum atomic E-state index is 12.0. The molecule has 1 aliphatic rings. The van der Waals surface area contributed by atoms with Gasteiger partial charge in [0.2, 0.25) is 17.0 Å². The number of piperidine rings is 1. The standard InChI is InChI=1S/C14H19N7OS2/c15-12-19-20-14(24-12)23-9-11(22)18-7-10-3-1-6-21(8-10)13-16-4-2-5-17-13/h2,4-5,10H,1,3,6-9H2,(H2,15,19)(H,18,22). The molecule has 0 radical (unpaired) electrons. The summed E-state index contributed by atoms with van der Waals surface area (Å²) >= 11 is 2.65. The molecule has 1 amide bonds. The minimum Gasteiger partial charge on any atom is -0.374 e. The summed E-state index contributed by atoms with van der Waals surface area (Å²) in [5.41, 5.74) is 5.52. The van der Waals surface area contributed by atoms with E-state index in [1.54, 1.807) is 12.4 Å². The van der Waals surface area contributed by atoms with E-state index in [0.29, 0.717) is 27.7 Å². The first-order valence-electron chi connectivity index (χ1n) is 7.71. The van der Waals surface area contributed by atoms with Gasteiger partial charge in [-0.3, -0.25) is 4.79 Å². The largest absolute Gasteiger partial charge is 0.374 e. The Labute approximate surface area is 148 Å². The van der Waals surface area contributed by atoms with Crippen LogP contribution in [0, 0.1) is 5.92 Å². The van der Waals surface area contributed by atoms with Crippen LogP contribution in [-0.4, -0.2) is 51.5 Å². The zero-order chi connectivity index (χ0) is 16.8. The summed E-state index contributed by atoms with van der Waals surface area (Å²) in [6.07, 6.45) is 5.69. The Morgan fingerprint density at radius 2 is 2.25 bits per heavy atom. The van der Waals surface area contributed by atoms with Gasteiger partial charge in [-0.05, 0) is 24.8 Å². The lowest BCUT2D eigenvalue weighted by Crippen LogP contribution is -2.42. The normalized spacial score (nSPS) is 17.7. The molecule has 3 N–H and O–H groups in total. The van der Waals surface area contributed by atoms with Crippen molar-refractivity contribution in [2.24, 2.45) is 5.92 Å². The summed E-state index contributed by atoms with van der Waals surface area (Å²) in [5.74, 6) is 1.50. The molecule has 3 heterocycles. The highest BCUT2D eigenvalue weighted by Crippen LogP contribution is 2.23. The maximum Gasteiger partial charge on any atom is 0.230 e. The van der Waals surface area contributed by atoms with Gasteiger partial charge in [0.05, 0.1) is 5.75 Å². The molecule has 1 fully saturated rings. The number of nitrogens with two attached hydrogens (primary N) is 1. The third-order valence-corrected chi connectivity index (χ3v) is 5.58. The summed E-state index contributed by atoms with van der Waals surface area (Å²) in [5, 5.41) is 11.0. The van der Waals surface area contributed by atoms with Gasteiger partial charge < -0.3 is 16.0 Å². The van der Waals surface area contributed by atoms with Gasteiger partial charge in [-0.25, -0.2) is 9.97 Å². The van der Waals surface area contributed by atoms with Crippen molar-refractivity contribution >= 4 is 40.1 Å². The monoisotopic (exact) mass is 365 g/mol. The van der Waals surface area contributed by atoms with E-state index in [-0.39, 0.29) is 5.91 Å². The Morgan fingerprint density at radius 3 is 3.00 bits per heavy atom. The second kappa shape index (κ2) is 8.25. The van der Waals surface area contributed by atoms with Crippen molar-refractivity contribution in [1.29, 1.82) is 0 Å². The van der Waals surface area contributed by atoms with Gasteiger partial charge in [-0.1, -0.05) is 23.1 Å². The molecular weight excluding hydrogens is 346 g/mol. The number of nitrogens with zero attached hydrogens (tertiary/aromatic N) is 5. The van der Waals surface area contributed by atoms with E-state index in [4.69, 9.17) is 5.73 Å². The lowest BCUT2D eigenvalue weighted by atomic mass is 9.98. The highest BCUT2D eigenvalue weighted by molar-refractivity contribution is 8.01. The Hall–Kier alpha value is -1.94. The fraction of sp³-hybridized carbons (Fsp3) is 0.500. The van der Waals surface area contributed by atoms with Crippen LogP contribution in [0.15, 0.2) is 22.8 Å². The summed E-state index contributed by atoms with van der Waals surface area (Å²) in [7, 11) is 0. The first-order valence-corrected chi connectivity index (χ1v) is 9.51. The molecule has 2 aromatic rings. The molecule has 1 atom stereocenters. The van der Waals surface area contributed by atoms with Crippen LogP contribution in [0.2, 0.25) is 0 Å². The van der Waals surface area contributed by atoms with E-state index >= 15 is 0 Å². The molecule has 8 nitrogen and oxygen atoms in total. The molecule has 0 spiro atoms. The Bertz CT molecular complexity index is 666. The van der Waals surface area contributed by atoms with Crippen LogP contribution in [0.4, 0.5) is 11.1 Å². The van der Waals surface area contributed by atoms with Crippen LogP contribution >= 0.6 is 23.1 Å². The second-order valence-corrected chi connectivity index (χ2v) is 7.73. The highest BCUT2D eigenvalue weighted by Gasteiger charge is 2.22. The molecule has 2 aromatic heterocycles. The van der Waals surface area contributed by atoms with E-state index in [9.17, 15) is 4.79 Å². The van der Waals surface area contributed by atoms with Crippen molar-refractivity contribution < 1.29 is 4.79 Å². The molecule has 0 bridgehead atoms. The number of thioether (sulfide) groups is 1. The number of amides is 1. The highest BCUT2D eigenvalue weighted by atomic mass is 32.2. The summed E-state index contributed by atoms with van der Waals surface area (Å²) < 4.78 is 0.715. The molecule has 0 saturated carbocycles. The smallest absolute Gasteiger partial charge is 0.230 e. The average Bonchev–Trinajstić information content (AvgIpc) is 3.04. The van der Waals surface area contributed by atoms with Gasteiger partial charge in [0, 0.05) is 32.0 Å². The van der Waals surface area contributed by atoms with Crippen molar-refractivity contribution in [2.45, 2.75) is 17.2 Å². The van der Waals surface area contributed by atoms with Crippen LogP contribution < -0.4 is 16.0 Å². The van der Waals surface area contributed by atoms with Crippen LogP contribution in [0.3, 0.4) is 0 Å². The van der Waals surface area contributed by atoms with E-state index < -0.39 is 0 Å². The quantitative estimate of drug-likeness (QED) is 0.731. The van der Waals surface area contributed by atoms with Crippen molar-refractivity contribution in [3.63, 3.8) is 0 Å². The number of nitrogens with one attached hydrogen (secondary N) is 1. The molecular formula is C14H19N7OS2. The molecule has 3 rings (SSSR count). The number of rotatable bonds is 6. The molecule has 1 saturated heterocycles. The number of anilines is 2.